The van der Waals surface area contributed by atoms with Crippen LogP contribution in [0.5, 0.6) is 0 Å². The highest BCUT2D eigenvalue weighted by Gasteiger charge is 2.40. The summed E-state index contributed by atoms with van der Waals surface area (Å²) in [5.74, 6) is -8.98. The van der Waals surface area contributed by atoms with E-state index in [1.54, 1.807) is 0 Å². The van der Waals surface area contributed by atoms with Gasteiger partial charge in [0.1, 0.15) is 23.6 Å². The van der Waals surface area contributed by atoms with E-state index in [0.717, 1.165) is 6.07 Å². The first-order chi connectivity index (χ1) is 19.1. The zero-order chi connectivity index (χ0) is 30.1. The molecular formula is C24H24F8N6O3. The van der Waals surface area contributed by atoms with Crippen LogP contribution in [0.3, 0.4) is 0 Å². The summed E-state index contributed by atoms with van der Waals surface area (Å²) in [6, 6.07) is 1.11. The second-order valence-corrected chi connectivity index (χ2v) is 9.84. The van der Waals surface area contributed by atoms with E-state index in [4.69, 9.17) is 0 Å². The summed E-state index contributed by atoms with van der Waals surface area (Å²) in [5.41, 5.74) is -1.09. The number of carbonyl (C=O) groups is 2. The molecule has 1 unspecified atom stereocenters. The maximum atomic E-state index is 15.6. The standard InChI is InChI=1S/C24H24F8N6O3/c1-10-17(38-41-37-10)22(40)36-18(11-4-6-23(28,29)7-5-11)20-34-14-3-2-12(16(27)19(14)35-20)13(8-15(25)26)21(39)33-9-24(30,31)32/h2-3,11,13,15,18H,4-9H2,1H3,(H,33,39)(H,34,35)(H,36,40)/t13?,18-/m0/s1. The summed E-state index contributed by atoms with van der Waals surface area (Å²) in [5, 5.41) is 11.2. The number of imidazole rings is 1. The second-order valence-electron chi connectivity index (χ2n) is 9.84. The molecule has 2 heterocycles. The van der Waals surface area contributed by atoms with Gasteiger partial charge in [0.05, 0.1) is 17.5 Å². The lowest BCUT2D eigenvalue weighted by atomic mass is 9.81. The molecule has 0 bridgehead atoms. The lowest BCUT2D eigenvalue weighted by Gasteiger charge is -2.33. The van der Waals surface area contributed by atoms with Crippen LogP contribution in [0.1, 0.15) is 71.6 Å². The van der Waals surface area contributed by atoms with Gasteiger partial charge in [0.15, 0.2) is 11.5 Å². The van der Waals surface area contributed by atoms with E-state index < -0.39 is 90.9 Å². The highest BCUT2D eigenvalue weighted by atomic mass is 19.4. The Bertz CT molecular complexity index is 1400. The molecule has 0 spiro atoms. The number of amides is 2. The molecule has 0 radical (unpaired) electrons. The van der Waals surface area contributed by atoms with Crippen molar-refractivity contribution in [3.63, 3.8) is 0 Å². The largest absolute Gasteiger partial charge is 0.405 e. The molecule has 1 aromatic carbocycles. The van der Waals surface area contributed by atoms with Crippen molar-refractivity contribution in [3.8, 4) is 0 Å². The Hall–Kier alpha value is -3.79. The first kappa shape index (κ1) is 30.2. The topological polar surface area (TPSA) is 126 Å². The fourth-order valence-electron chi connectivity index (χ4n) is 4.81. The first-order valence-corrected chi connectivity index (χ1v) is 12.4. The van der Waals surface area contributed by atoms with Gasteiger partial charge in [-0.2, -0.15) is 13.2 Å². The lowest BCUT2D eigenvalue weighted by Crippen LogP contribution is -2.38. The minimum atomic E-state index is -4.83. The summed E-state index contributed by atoms with van der Waals surface area (Å²) in [7, 11) is 0. The van der Waals surface area contributed by atoms with Gasteiger partial charge in [0.25, 0.3) is 5.91 Å². The third-order valence-corrected chi connectivity index (χ3v) is 6.89. The molecule has 1 aliphatic carbocycles. The van der Waals surface area contributed by atoms with E-state index >= 15 is 4.39 Å². The molecule has 3 aromatic rings. The Morgan fingerprint density at radius 2 is 1.85 bits per heavy atom. The van der Waals surface area contributed by atoms with E-state index in [2.05, 4.69) is 30.2 Å². The molecule has 9 nitrogen and oxygen atoms in total. The molecule has 1 saturated carbocycles. The van der Waals surface area contributed by atoms with Crippen molar-refractivity contribution in [1.82, 2.24) is 30.9 Å². The molecule has 2 amide bonds. The highest BCUT2D eigenvalue weighted by Crippen LogP contribution is 2.41. The fourth-order valence-corrected chi connectivity index (χ4v) is 4.81. The molecule has 41 heavy (non-hydrogen) atoms. The van der Waals surface area contributed by atoms with E-state index in [1.165, 1.54) is 18.3 Å². The molecule has 1 aliphatic rings. The van der Waals surface area contributed by atoms with E-state index in [9.17, 15) is 40.3 Å². The predicted octanol–water partition coefficient (Wildman–Crippen LogP) is 5.11. The summed E-state index contributed by atoms with van der Waals surface area (Å²) in [6.45, 7) is -0.356. The molecule has 2 atom stereocenters. The number of aromatic amines is 1. The third-order valence-electron chi connectivity index (χ3n) is 6.89. The van der Waals surface area contributed by atoms with Crippen LogP contribution in [0.15, 0.2) is 16.8 Å². The fraction of sp³-hybridized carbons (Fsp3) is 0.542. The summed E-state index contributed by atoms with van der Waals surface area (Å²) >= 11 is 0. The minimum absolute atomic E-state index is 0.00687. The Morgan fingerprint density at radius 3 is 2.44 bits per heavy atom. The molecule has 0 saturated heterocycles. The first-order valence-electron chi connectivity index (χ1n) is 12.4. The predicted molar refractivity (Wildman–Crippen MR) is 125 cm³/mol. The molecule has 4 rings (SSSR count). The summed E-state index contributed by atoms with van der Waals surface area (Å²) in [6.07, 6.45) is -10.3. The lowest BCUT2D eigenvalue weighted by molar-refractivity contribution is -0.139. The number of benzene rings is 1. The van der Waals surface area contributed by atoms with Crippen molar-refractivity contribution in [3.05, 3.63) is 40.7 Å². The molecular weight excluding hydrogens is 572 g/mol. The van der Waals surface area contributed by atoms with E-state index in [0.29, 0.717) is 0 Å². The number of aryl methyl sites for hydroxylation is 1. The van der Waals surface area contributed by atoms with Crippen LogP contribution >= 0.6 is 0 Å². The van der Waals surface area contributed by atoms with Crippen molar-refractivity contribution >= 4 is 22.8 Å². The number of aromatic nitrogens is 4. The number of carbonyl (C=O) groups excluding carboxylic acids is 2. The third kappa shape index (κ3) is 7.11. The molecule has 3 N–H and O–H groups in total. The van der Waals surface area contributed by atoms with Crippen LogP contribution < -0.4 is 10.6 Å². The molecule has 2 aromatic heterocycles. The van der Waals surface area contributed by atoms with Crippen molar-refractivity contribution in [2.75, 3.05) is 6.54 Å². The molecule has 0 aliphatic heterocycles. The van der Waals surface area contributed by atoms with Crippen molar-refractivity contribution < 1.29 is 49.3 Å². The molecule has 17 heteroatoms. The SMILES string of the molecule is Cc1nonc1C(=O)N[C@H](c1nc2c(F)c(C(CC(F)F)C(=O)NCC(F)(F)F)ccc2[nH]1)C1CCC(F)(F)CC1. The van der Waals surface area contributed by atoms with E-state index in [1.807, 2.05) is 0 Å². The average molecular weight is 596 g/mol. The Kier molecular flexibility index (Phi) is 8.54. The van der Waals surface area contributed by atoms with Crippen LogP contribution in [-0.4, -0.2) is 57.2 Å². The highest BCUT2D eigenvalue weighted by molar-refractivity contribution is 5.93. The zero-order valence-corrected chi connectivity index (χ0v) is 21.3. The smallest absolute Gasteiger partial charge is 0.346 e. The zero-order valence-electron chi connectivity index (χ0n) is 21.3. The quantitative estimate of drug-likeness (QED) is 0.295. The Morgan fingerprint density at radius 1 is 1.17 bits per heavy atom. The molecule has 1 fully saturated rings. The van der Waals surface area contributed by atoms with Crippen LogP contribution in [0.25, 0.3) is 11.0 Å². The van der Waals surface area contributed by atoms with Gasteiger partial charge >= 0.3 is 6.18 Å². The number of alkyl halides is 7. The van der Waals surface area contributed by atoms with Gasteiger partial charge in [-0.3, -0.25) is 9.59 Å². The normalized spacial score (nSPS) is 17.5. The van der Waals surface area contributed by atoms with Crippen molar-refractivity contribution in [2.24, 2.45) is 5.92 Å². The van der Waals surface area contributed by atoms with Crippen LogP contribution in [0.4, 0.5) is 35.1 Å². The number of hydrogen-bond acceptors (Lipinski definition) is 6. The maximum Gasteiger partial charge on any atom is 0.405 e. The number of hydrogen-bond donors (Lipinski definition) is 3. The molecule has 224 valence electrons. The maximum absolute atomic E-state index is 15.6. The van der Waals surface area contributed by atoms with Gasteiger partial charge in [-0.1, -0.05) is 11.2 Å². The minimum Gasteiger partial charge on any atom is -0.346 e. The second kappa shape index (κ2) is 11.6. The Labute approximate surface area is 226 Å². The summed E-state index contributed by atoms with van der Waals surface area (Å²) in [4.78, 5) is 32.2. The monoisotopic (exact) mass is 596 g/mol. The van der Waals surface area contributed by atoms with Crippen LogP contribution in [0.2, 0.25) is 0 Å². The number of halogens is 8. The average Bonchev–Trinajstić information content (AvgIpc) is 3.51. The summed E-state index contributed by atoms with van der Waals surface area (Å²) < 4.78 is 112. The van der Waals surface area contributed by atoms with Gasteiger partial charge in [0.2, 0.25) is 18.3 Å². The number of rotatable bonds is 9. The van der Waals surface area contributed by atoms with Gasteiger partial charge in [-0.25, -0.2) is 31.6 Å². The number of H-pyrrole nitrogens is 1. The number of fused-ring (bicyclic) bond motifs is 1. The number of nitrogens with zero attached hydrogens (tertiary/aromatic N) is 3. The van der Waals surface area contributed by atoms with Gasteiger partial charge < -0.3 is 15.6 Å². The van der Waals surface area contributed by atoms with Crippen molar-refractivity contribution in [2.45, 2.75) is 69.5 Å². The van der Waals surface area contributed by atoms with Gasteiger partial charge in [-0.05, 0) is 36.9 Å². The van der Waals surface area contributed by atoms with Gasteiger partial charge in [0, 0.05) is 24.8 Å². The van der Waals surface area contributed by atoms with E-state index in [-0.39, 0.29) is 35.6 Å². The van der Waals surface area contributed by atoms with Crippen molar-refractivity contribution in [1.29, 1.82) is 0 Å². The van der Waals surface area contributed by atoms with Gasteiger partial charge in [-0.15, -0.1) is 0 Å². The number of nitrogens with one attached hydrogen (secondary N) is 3. The van der Waals surface area contributed by atoms with Crippen LogP contribution in [0, 0.1) is 18.7 Å². The van der Waals surface area contributed by atoms with Crippen LogP contribution in [-0.2, 0) is 4.79 Å². The Balaban J connectivity index is 1.69.